The maximum Gasteiger partial charge on any atom is 0.409 e. The summed E-state index contributed by atoms with van der Waals surface area (Å²) >= 11 is 5.13. The third-order valence-electron chi connectivity index (χ3n) is 1.73. The molecule has 1 aromatic carbocycles. The lowest BCUT2D eigenvalue weighted by molar-refractivity contribution is 0.225. The molecule has 1 aromatic rings. The van der Waals surface area contributed by atoms with Gasteiger partial charge in [-0.15, -0.1) is 0 Å². The third kappa shape index (κ3) is 2.74. The van der Waals surface area contributed by atoms with E-state index >= 15 is 0 Å². The van der Waals surface area contributed by atoms with Crippen LogP contribution in [0.25, 0.3) is 0 Å². The highest BCUT2D eigenvalue weighted by Gasteiger charge is 2.08. The second-order valence-corrected chi connectivity index (χ2v) is 3.34. The fourth-order valence-corrected chi connectivity index (χ4v) is 1.22. The third-order valence-corrected chi connectivity index (χ3v) is 1.81. The van der Waals surface area contributed by atoms with E-state index in [1.807, 2.05) is 26.0 Å². The van der Waals surface area contributed by atoms with E-state index in [0.717, 1.165) is 5.56 Å². The van der Waals surface area contributed by atoms with Crippen molar-refractivity contribution in [3.8, 4) is 5.75 Å². The average Bonchev–Trinajstić information content (AvgIpc) is 2.03. The predicted molar refractivity (Wildman–Crippen MR) is 52.4 cm³/mol. The predicted octanol–water partition coefficient (Wildman–Crippen LogP) is 3.55. The SMILES string of the molecule is CC(C)c1ccccc1OC(=O)Cl. The number of hydrogen-bond acceptors (Lipinski definition) is 2. The summed E-state index contributed by atoms with van der Waals surface area (Å²) in [7, 11) is 0. The Hall–Kier alpha value is -1.02. The molecule has 0 N–H and O–H groups in total. The van der Waals surface area contributed by atoms with Crippen molar-refractivity contribution in [2.75, 3.05) is 0 Å². The number of carbonyl (C=O) groups excluding carboxylic acids is 1. The van der Waals surface area contributed by atoms with Gasteiger partial charge in [0.1, 0.15) is 5.75 Å². The first kappa shape index (κ1) is 10.1. The first-order chi connectivity index (χ1) is 6.11. The number of hydrogen-bond donors (Lipinski definition) is 0. The van der Waals surface area contributed by atoms with Crippen LogP contribution < -0.4 is 4.74 Å². The van der Waals surface area contributed by atoms with E-state index < -0.39 is 5.43 Å². The summed E-state index contributed by atoms with van der Waals surface area (Å²) in [5.41, 5.74) is 0.185. The van der Waals surface area contributed by atoms with E-state index in [2.05, 4.69) is 0 Å². The first-order valence-corrected chi connectivity index (χ1v) is 4.45. The standard InChI is InChI=1S/C10H11ClO2/c1-7(2)8-5-3-4-6-9(8)13-10(11)12/h3-7H,1-2H3. The lowest BCUT2D eigenvalue weighted by atomic mass is 10.0. The molecule has 1 rings (SSSR count). The Kier molecular flexibility index (Phi) is 3.32. The molecule has 0 heterocycles. The van der Waals surface area contributed by atoms with Crippen molar-refractivity contribution in [3.63, 3.8) is 0 Å². The van der Waals surface area contributed by atoms with Gasteiger partial charge >= 0.3 is 5.43 Å². The zero-order valence-electron chi connectivity index (χ0n) is 7.58. The molecule has 0 aliphatic carbocycles. The fraction of sp³-hybridized carbons (Fsp3) is 0.300. The molecule has 0 aliphatic rings. The molecular weight excluding hydrogens is 188 g/mol. The van der Waals surface area contributed by atoms with Crippen molar-refractivity contribution < 1.29 is 9.53 Å². The summed E-state index contributed by atoms with van der Waals surface area (Å²) < 4.78 is 4.83. The maximum atomic E-state index is 10.5. The summed E-state index contributed by atoms with van der Waals surface area (Å²) in [5, 5.41) is 0. The van der Waals surface area contributed by atoms with Crippen molar-refractivity contribution in [1.29, 1.82) is 0 Å². The van der Waals surface area contributed by atoms with Crippen LogP contribution in [0.5, 0.6) is 5.75 Å². The summed E-state index contributed by atoms with van der Waals surface area (Å²) in [6.07, 6.45) is 0. The quantitative estimate of drug-likeness (QED) is 0.680. The molecule has 0 spiro atoms. The van der Waals surface area contributed by atoms with Crippen LogP contribution in [0.2, 0.25) is 0 Å². The van der Waals surface area contributed by atoms with Gasteiger partial charge in [-0.3, -0.25) is 0 Å². The van der Waals surface area contributed by atoms with Gasteiger partial charge in [0, 0.05) is 11.6 Å². The number of ether oxygens (including phenoxy) is 1. The molecule has 0 fully saturated rings. The Morgan fingerprint density at radius 1 is 1.38 bits per heavy atom. The van der Waals surface area contributed by atoms with E-state index in [9.17, 15) is 4.79 Å². The minimum Gasteiger partial charge on any atom is -0.414 e. The van der Waals surface area contributed by atoms with E-state index in [-0.39, 0.29) is 0 Å². The van der Waals surface area contributed by atoms with Gasteiger partial charge in [0.25, 0.3) is 0 Å². The molecule has 0 saturated heterocycles. The highest BCUT2D eigenvalue weighted by molar-refractivity contribution is 6.61. The Labute approximate surface area is 82.5 Å². The lowest BCUT2D eigenvalue weighted by Crippen LogP contribution is -2.00. The molecule has 13 heavy (non-hydrogen) atoms. The minimum atomic E-state index is -0.798. The summed E-state index contributed by atoms with van der Waals surface area (Å²) in [6.45, 7) is 4.06. The normalized spacial score (nSPS) is 10.2. The minimum absolute atomic E-state index is 0.312. The Morgan fingerprint density at radius 2 is 2.00 bits per heavy atom. The fourth-order valence-electron chi connectivity index (χ4n) is 1.14. The van der Waals surface area contributed by atoms with Crippen LogP contribution in [0, 0.1) is 0 Å². The van der Waals surface area contributed by atoms with Gasteiger partial charge in [0.15, 0.2) is 0 Å². The monoisotopic (exact) mass is 198 g/mol. The van der Waals surface area contributed by atoms with Crippen LogP contribution in [0.1, 0.15) is 25.3 Å². The largest absolute Gasteiger partial charge is 0.414 e. The van der Waals surface area contributed by atoms with Crippen LogP contribution in [0.4, 0.5) is 4.79 Å². The van der Waals surface area contributed by atoms with E-state index in [4.69, 9.17) is 16.3 Å². The van der Waals surface area contributed by atoms with Gasteiger partial charge in [-0.05, 0) is 17.5 Å². The van der Waals surface area contributed by atoms with E-state index in [1.54, 1.807) is 12.1 Å². The van der Waals surface area contributed by atoms with E-state index in [1.165, 1.54) is 0 Å². The van der Waals surface area contributed by atoms with Gasteiger partial charge in [-0.25, -0.2) is 4.79 Å². The van der Waals surface area contributed by atoms with Crippen molar-refractivity contribution >= 4 is 17.0 Å². The van der Waals surface area contributed by atoms with Crippen LogP contribution in [0.15, 0.2) is 24.3 Å². The number of benzene rings is 1. The average molecular weight is 199 g/mol. The maximum absolute atomic E-state index is 10.5. The molecule has 0 unspecified atom stereocenters. The van der Waals surface area contributed by atoms with Crippen molar-refractivity contribution in [3.05, 3.63) is 29.8 Å². The molecule has 70 valence electrons. The van der Waals surface area contributed by atoms with Crippen molar-refractivity contribution in [2.24, 2.45) is 0 Å². The molecule has 0 aromatic heterocycles. The Balaban J connectivity index is 2.97. The summed E-state index contributed by atoms with van der Waals surface area (Å²) in [6, 6.07) is 7.36. The molecule has 0 atom stereocenters. The second-order valence-electron chi connectivity index (χ2n) is 3.03. The van der Waals surface area contributed by atoms with Gasteiger partial charge in [-0.1, -0.05) is 32.0 Å². The molecule has 0 amide bonds. The molecule has 0 bridgehead atoms. The molecule has 2 nitrogen and oxygen atoms in total. The molecule has 0 aliphatic heterocycles. The van der Waals surface area contributed by atoms with Gasteiger partial charge in [0.05, 0.1) is 0 Å². The highest BCUT2D eigenvalue weighted by Crippen LogP contribution is 2.26. The first-order valence-electron chi connectivity index (χ1n) is 4.07. The number of halogens is 1. The molecule has 0 saturated carbocycles. The van der Waals surface area contributed by atoms with Crippen LogP contribution >= 0.6 is 11.6 Å². The highest BCUT2D eigenvalue weighted by atomic mass is 35.5. The van der Waals surface area contributed by atoms with Crippen molar-refractivity contribution in [1.82, 2.24) is 0 Å². The zero-order chi connectivity index (χ0) is 9.84. The smallest absolute Gasteiger partial charge is 0.409 e. The summed E-state index contributed by atoms with van der Waals surface area (Å²) in [5.74, 6) is 0.852. The number of para-hydroxylation sites is 1. The Bertz CT molecular complexity index is 308. The topological polar surface area (TPSA) is 26.3 Å². The molecular formula is C10H11ClO2. The molecule has 3 heteroatoms. The Morgan fingerprint density at radius 3 is 2.54 bits per heavy atom. The molecule has 0 radical (unpaired) electrons. The summed E-state index contributed by atoms with van der Waals surface area (Å²) in [4.78, 5) is 10.5. The van der Waals surface area contributed by atoms with Gasteiger partial charge in [-0.2, -0.15) is 0 Å². The zero-order valence-corrected chi connectivity index (χ0v) is 8.34. The van der Waals surface area contributed by atoms with Gasteiger partial charge < -0.3 is 4.74 Å². The number of rotatable bonds is 2. The van der Waals surface area contributed by atoms with Crippen molar-refractivity contribution in [2.45, 2.75) is 19.8 Å². The van der Waals surface area contributed by atoms with E-state index in [0.29, 0.717) is 11.7 Å². The van der Waals surface area contributed by atoms with Gasteiger partial charge in [0.2, 0.25) is 0 Å². The number of carbonyl (C=O) groups is 1. The second kappa shape index (κ2) is 4.28. The van der Waals surface area contributed by atoms with Crippen LogP contribution in [0.3, 0.4) is 0 Å². The van der Waals surface area contributed by atoms with Crippen LogP contribution in [-0.2, 0) is 0 Å². The van der Waals surface area contributed by atoms with Crippen LogP contribution in [-0.4, -0.2) is 5.43 Å². The lowest BCUT2D eigenvalue weighted by Gasteiger charge is -2.10.